The van der Waals surface area contributed by atoms with Gasteiger partial charge in [0.15, 0.2) is 4.34 Å². The van der Waals surface area contributed by atoms with Crippen molar-refractivity contribution in [2.75, 3.05) is 13.1 Å². The van der Waals surface area contributed by atoms with Gasteiger partial charge in [0.25, 0.3) is 0 Å². The van der Waals surface area contributed by atoms with Crippen LogP contribution >= 0.6 is 23.3 Å². The second-order valence-electron chi connectivity index (χ2n) is 5.15. The minimum Gasteiger partial charge on any atom is -0.244 e. The van der Waals surface area contributed by atoms with Gasteiger partial charge in [-0.15, -0.1) is 11.3 Å². The third-order valence-corrected chi connectivity index (χ3v) is 5.09. The van der Waals surface area contributed by atoms with E-state index in [0.29, 0.717) is 0 Å². The van der Waals surface area contributed by atoms with Crippen molar-refractivity contribution in [3.05, 3.63) is 24.3 Å². The Morgan fingerprint density at radius 2 is 2.05 bits per heavy atom. The molecule has 0 aliphatic rings. The molecule has 0 radical (unpaired) electrons. The summed E-state index contributed by atoms with van der Waals surface area (Å²) in [5, 5.41) is 0. The number of fused-ring (bicyclic) bond motifs is 1. The van der Waals surface area contributed by atoms with Crippen molar-refractivity contribution in [1.29, 1.82) is 0 Å². The van der Waals surface area contributed by atoms with E-state index in [9.17, 15) is 0 Å². The summed E-state index contributed by atoms with van der Waals surface area (Å²) in [6, 6.07) is 8.38. The standard InChI is InChI=1S/C15H22N2S2/c1-4-10-17(11-9-12(2)3)19-15-16-13-7-5-6-8-14(13)18-15/h5-8,12H,4,9-11H2,1-3H3. The molecule has 1 aromatic heterocycles. The van der Waals surface area contributed by atoms with Gasteiger partial charge in [0.05, 0.1) is 10.2 Å². The van der Waals surface area contributed by atoms with Crippen molar-refractivity contribution < 1.29 is 0 Å². The Kier molecular flexibility index (Phi) is 5.67. The van der Waals surface area contributed by atoms with Crippen LogP contribution in [-0.2, 0) is 0 Å². The number of nitrogens with zero attached hydrogens (tertiary/aromatic N) is 2. The van der Waals surface area contributed by atoms with Gasteiger partial charge in [-0.05, 0) is 42.8 Å². The largest absolute Gasteiger partial charge is 0.244 e. The Hall–Kier alpha value is -0.580. The lowest BCUT2D eigenvalue weighted by Crippen LogP contribution is -2.19. The summed E-state index contributed by atoms with van der Waals surface area (Å²) < 4.78 is 4.90. The predicted molar refractivity (Wildman–Crippen MR) is 86.8 cm³/mol. The second-order valence-corrected chi connectivity index (χ2v) is 7.53. The Bertz CT molecular complexity index is 475. The summed E-state index contributed by atoms with van der Waals surface area (Å²) in [5.41, 5.74) is 1.12. The van der Waals surface area contributed by atoms with Crippen LogP contribution in [0.3, 0.4) is 0 Å². The Morgan fingerprint density at radius 3 is 2.74 bits per heavy atom. The van der Waals surface area contributed by atoms with E-state index in [-0.39, 0.29) is 0 Å². The van der Waals surface area contributed by atoms with Crippen molar-refractivity contribution in [2.45, 2.75) is 38.0 Å². The van der Waals surface area contributed by atoms with Crippen molar-refractivity contribution in [2.24, 2.45) is 5.92 Å². The van der Waals surface area contributed by atoms with E-state index < -0.39 is 0 Å². The first-order valence-corrected chi connectivity index (χ1v) is 8.56. The summed E-state index contributed by atoms with van der Waals surface area (Å²) in [6.07, 6.45) is 2.44. The molecule has 2 aromatic rings. The normalized spacial score (nSPS) is 11.8. The molecule has 0 N–H and O–H groups in total. The van der Waals surface area contributed by atoms with E-state index in [0.717, 1.165) is 24.5 Å². The highest BCUT2D eigenvalue weighted by Crippen LogP contribution is 2.31. The van der Waals surface area contributed by atoms with Crippen LogP contribution in [0.5, 0.6) is 0 Å². The highest BCUT2D eigenvalue weighted by Gasteiger charge is 2.11. The lowest BCUT2D eigenvalue weighted by Gasteiger charge is -2.19. The fourth-order valence-corrected chi connectivity index (χ4v) is 4.12. The fourth-order valence-electron chi connectivity index (χ4n) is 1.86. The lowest BCUT2D eigenvalue weighted by molar-refractivity contribution is 0.419. The second kappa shape index (κ2) is 7.27. The van der Waals surface area contributed by atoms with Crippen LogP contribution in [0.15, 0.2) is 28.6 Å². The molecule has 104 valence electrons. The smallest absolute Gasteiger partial charge is 0.166 e. The number of thiazole rings is 1. The average Bonchev–Trinajstić information content (AvgIpc) is 2.78. The minimum atomic E-state index is 0.760. The van der Waals surface area contributed by atoms with Crippen LogP contribution in [-0.4, -0.2) is 22.4 Å². The number of rotatable bonds is 7. The molecule has 0 fully saturated rings. The van der Waals surface area contributed by atoms with Gasteiger partial charge >= 0.3 is 0 Å². The van der Waals surface area contributed by atoms with Crippen LogP contribution in [0.25, 0.3) is 10.2 Å². The minimum absolute atomic E-state index is 0.760. The maximum absolute atomic E-state index is 4.70. The quantitative estimate of drug-likeness (QED) is 0.664. The molecule has 2 nitrogen and oxygen atoms in total. The van der Waals surface area contributed by atoms with Crippen LogP contribution in [0.1, 0.15) is 33.6 Å². The van der Waals surface area contributed by atoms with Gasteiger partial charge in [-0.3, -0.25) is 0 Å². The number of benzene rings is 1. The van der Waals surface area contributed by atoms with Gasteiger partial charge in [0.2, 0.25) is 0 Å². The summed E-state index contributed by atoms with van der Waals surface area (Å²) in [5.74, 6) is 0.760. The molecule has 0 atom stereocenters. The van der Waals surface area contributed by atoms with Gasteiger partial charge < -0.3 is 0 Å². The molecule has 0 unspecified atom stereocenters. The Morgan fingerprint density at radius 1 is 1.26 bits per heavy atom. The number of aromatic nitrogens is 1. The highest BCUT2D eigenvalue weighted by atomic mass is 32.2. The first kappa shape index (κ1) is 14.8. The molecule has 0 aliphatic carbocycles. The molecule has 0 spiro atoms. The molecular weight excluding hydrogens is 272 g/mol. The molecular formula is C15H22N2S2. The summed E-state index contributed by atoms with van der Waals surface area (Å²) in [7, 11) is 0. The van der Waals surface area contributed by atoms with Gasteiger partial charge in [-0.2, -0.15) is 0 Å². The molecule has 0 saturated carbocycles. The number of hydrogen-bond donors (Lipinski definition) is 0. The molecule has 1 heterocycles. The number of hydrogen-bond acceptors (Lipinski definition) is 4. The zero-order valence-corrected chi connectivity index (χ0v) is 13.6. The first-order valence-electron chi connectivity index (χ1n) is 6.97. The molecule has 1 aromatic carbocycles. The van der Waals surface area contributed by atoms with E-state index in [2.05, 4.69) is 49.3 Å². The van der Waals surface area contributed by atoms with Crippen LogP contribution in [0.4, 0.5) is 0 Å². The average molecular weight is 294 g/mol. The molecule has 2 rings (SSSR count). The molecule has 0 amide bonds. The maximum atomic E-state index is 4.70. The number of para-hydroxylation sites is 1. The van der Waals surface area contributed by atoms with Crippen LogP contribution in [0.2, 0.25) is 0 Å². The third-order valence-electron chi connectivity index (χ3n) is 2.91. The van der Waals surface area contributed by atoms with E-state index in [1.54, 1.807) is 11.3 Å². The van der Waals surface area contributed by atoms with E-state index in [4.69, 9.17) is 4.98 Å². The highest BCUT2D eigenvalue weighted by molar-refractivity contribution is 7.98. The maximum Gasteiger partial charge on any atom is 0.166 e. The zero-order valence-electron chi connectivity index (χ0n) is 11.9. The zero-order chi connectivity index (χ0) is 13.7. The van der Waals surface area contributed by atoms with E-state index >= 15 is 0 Å². The van der Waals surface area contributed by atoms with E-state index in [1.807, 2.05) is 11.9 Å². The predicted octanol–water partition coefficient (Wildman–Crippen LogP) is 5.06. The Balaban J connectivity index is 2.02. The monoisotopic (exact) mass is 294 g/mol. The molecule has 19 heavy (non-hydrogen) atoms. The SMILES string of the molecule is CCCN(CCC(C)C)Sc1nc2ccccc2s1. The van der Waals surface area contributed by atoms with Crippen molar-refractivity contribution in [3.63, 3.8) is 0 Å². The molecule has 0 aliphatic heterocycles. The summed E-state index contributed by atoms with van der Waals surface area (Å²) in [4.78, 5) is 4.70. The molecule has 4 heteroatoms. The van der Waals surface area contributed by atoms with Crippen LogP contribution in [0, 0.1) is 5.92 Å². The van der Waals surface area contributed by atoms with Gasteiger partial charge in [0.1, 0.15) is 0 Å². The summed E-state index contributed by atoms with van der Waals surface area (Å²) in [6.45, 7) is 9.08. The lowest BCUT2D eigenvalue weighted by atomic mass is 10.1. The first-order chi connectivity index (χ1) is 9.19. The molecule has 0 bridgehead atoms. The third kappa shape index (κ3) is 4.48. The van der Waals surface area contributed by atoms with Crippen LogP contribution < -0.4 is 0 Å². The molecule has 0 saturated heterocycles. The van der Waals surface area contributed by atoms with Gasteiger partial charge in [0, 0.05) is 13.1 Å². The fraction of sp³-hybridized carbons (Fsp3) is 0.533. The van der Waals surface area contributed by atoms with E-state index in [1.165, 1.54) is 21.9 Å². The van der Waals surface area contributed by atoms with Crippen molar-refractivity contribution >= 4 is 33.5 Å². The Labute approximate surface area is 124 Å². The van der Waals surface area contributed by atoms with Crippen molar-refractivity contribution in [1.82, 2.24) is 9.29 Å². The topological polar surface area (TPSA) is 16.1 Å². The van der Waals surface area contributed by atoms with Crippen molar-refractivity contribution in [3.8, 4) is 0 Å². The summed E-state index contributed by atoms with van der Waals surface area (Å²) >= 11 is 3.62. The van der Waals surface area contributed by atoms with Gasteiger partial charge in [-0.1, -0.05) is 32.9 Å². The van der Waals surface area contributed by atoms with Gasteiger partial charge in [-0.25, -0.2) is 9.29 Å².